The Hall–Kier alpha value is -1.13. The number of rotatable bonds is 6. The number of pyridine rings is 1. The van der Waals surface area contributed by atoms with E-state index in [2.05, 4.69) is 23.3 Å². The van der Waals surface area contributed by atoms with Crippen LogP contribution in [0.15, 0.2) is 12.1 Å². The largest absolute Gasteiger partial charge is 0.474 e. The van der Waals surface area contributed by atoms with Crippen molar-refractivity contribution >= 4 is 0 Å². The number of hydrogen-bond acceptors (Lipinski definition) is 4. The van der Waals surface area contributed by atoms with Gasteiger partial charge in [0.25, 0.3) is 0 Å². The van der Waals surface area contributed by atoms with Crippen LogP contribution in [0.2, 0.25) is 0 Å². The number of nitrogens with one attached hydrogen (secondary N) is 1. The Morgan fingerprint density at radius 2 is 2.16 bits per heavy atom. The van der Waals surface area contributed by atoms with Crippen molar-refractivity contribution in [3.8, 4) is 5.88 Å². The number of ether oxygens (including phenoxy) is 2. The summed E-state index contributed by atoms with van der Waals surface area (Å²) in [6.07, 6.45) is 4.27. The van der Waals surface area contributed by atoms with Crippen LogP contribution in [0.25, 0.3) is 0 Å². The molecule has 1 N–H and O–H groups in total. The van der Waals surface area contributed by atoms with Crippen molar-refractivity contribution in [1.82, 2.24) is 10.3 Å². The fourth-order valence-electron chi connectivity index (χ4n) is 2.34. The molecule has 19 heavy (non-hydrogen) atoms. The monoisotopic (exact) mass is 264 g/mol. The molecule has 0 amide bonds. The van der Waals surface area contributed by atoms with Crippen LogP contribution in [0, 0.1) is 0 Å². The molecule has 0 saturated carbocycles. The maximum Gasteiger partial charge on any atom is 0.214 e. The van der Waals surface area contributed by atoms with E-state index in [-0.39, 0.29) is 6.10 Å². The van der Waals surface area contributed by atoms with E-state index in [0.717, 1.165) is 57.0 Å². The van der Waals surface area contributed by atoms with E-state index in [9.17, 15) is 0 Å². The number of aromatic nitrogens is 1. The summed E-state index contributed by atoms with van der Waals surface area (Å²) in [5.74, 6) is 0.767. The molecule has 1 fully saturated rings. The second-order valence-corrected chi connectivity index (χ2v) is 5.01. The number of aryl methyl sites for hydroxylation is 1. The Labute approximate surface area is 115 Å². The average Bonchev–Trinajstić information content (AvgIpc) is 2.40. The molecule has 0 spiro atoms. The quantitative estimate of drug-likeness (QED) is 0.856. The molecule has 0 aromatic carbocycles. The van der Waals surface area contributed by atoms with Gasteiger partial charge in [0.1, 0.15) is 6.10 Å². The van der Waals surface area contributed by atoms with E-state index in [1.54, 1.807) is 0 Å². The first-order valence-electron chi connectivity index (χ1n) is 7.20. The van der Waals surface area contributed by atoms with Crippen LogP contribution in [0.3, 0.4) is 0 Å². The van der Waals surface area contributed by atoms with E-state index < -0.39 is 0 Å². The van der Waals surface area contributed by atoms with Gasteiger partial charge in [-0.15, -0.1) is 0 Å². The van der Waals surface area contributed by atoms with Crippen LogP contribution in [-0.4, -0.2) is 31.3 Å². The topological polar surface area (TPSA) is 43.4 Å². The summed E-state index contributed by atoms with van der Waals surface area (Å²) in [6.45, 7) is 4.61. The van der Waals surface area contributed by atoms with Gasteiger partial charge in [-0.2, -0.15) is 0 Å². The van der Waals surface area contributed by atoms with Gasteiger partial charge in [-0.1, -0.05) is 13.3 Å². The van der Waals surface area contributed by atoms with Crippen molar-refractivity contribution in [2.24, 2.45) is 0 Å². The highest BCUT2D eigenvalue weighted by Crippen LogP contribution is 2.19. The highest BCUT2D eigenvalue weighted by Gasteiger charge is 2.16. The maximum atomic E-state index is 6.01. The van der Waals surface area contributed by atoms with E-state index in [0.29, 0.717) is 0 Å². The third-order valence-electron chi connectivity index (χ3n) is 3.26. The summed E-state index contributed by atoms with van der Waals surface area (Å²) in [5.41, 5.74) is 2.36. The van der Waals surface area contributed by atoms with Crippen molar-refractivity contribution in [3.05, 3.63) is 23.4 Å². The molecule has 1 aliphatic heterocycles. The highest BCUT2D eigenvalue weighted by atomic mass is 16.5. The van der Waals surface area contributed by atoms with Crippen LogP contribution in [0.4, 0.5) is 0 Å². The second kappa shape index (κ2) is 7.46. The summed E-state index contributed by atoms with van der Waals surface area (Å²) in [4.78, 5) is 4.61. The Balaban J connectivity index is 2.08. The molecule has 0 radical (unpaired) electrons. The molecule has 0 atom stereocenters. The fraction of sp³-hybridized carbons (Fsp3) is 0.667. The molecule has 1 saturated heterocycles. The van der Waals surface area contributed by atoms with Crippen molar-refractivity contribution in [3.63, 3.8) is 0 Å². The lowest BCUT2D eigenvalue weighted by atomic mass is 10.1. The molecule has 2 heterocycles. The Morgan fingerprint density at radius 1 is 1.37 bits per heavy atom. The van der Waals surface area contributed by atoms with Crippen molar-refractivity contribution in [1.29, 1.82) is 0 Å². The van der Waals surface area contributed by atoms with Crippen molar-refractivity contribution < 1.29 is 9.47 Å². The number of hydrogen-bond donors (Lipinski definition) is 1. The summed E-state index contributed by atoms with van der Waals surface area (Å²) in [6, 6.07) is 4.21. The van der Waals surface area contributed by atoms with Gasteiger partial charge in [-0.25, -0.2) is 4.98 Å². The van der Waals surface area contributed by atoms with E-state index in [1.807, 2.05) is 13.1 Å². The summed E-state index contributed by atoms with van der Waals surface area (Å²) in [7, 11) is 1.96. The lowest BCUT2D eigenvalue weighted by molar-refractivity contribution is 0.0236. The van der Waals surface area contributed by atoms with Crippen LogP contribution in [0.5, 0.6) is 5.88 Å². The zero-order valence-electron chi connectivity index (χ0n) is 11.9. The minimum absolute atomic E-state index is 0.251. The first-order valence-corrected chi connectivity index (χ1v) is 7.20. The zero-order chi connectivity index (χ0) is 13.5. The van der Waals surface area contributed by atoms with Gasteiger partial charge in [-0.3, -0.25) is 0 Å². The minimum Gasteiger partial charge on any atom is -0.474 e. The molecule has 106 valence electrons. The van der Waals surface area contributed by atoms with Crippen LogP contribution >= 0.6 is 0 Å². The van der Waals surface area contributed by atoms with Gasteiger partial charge in [0.2, 0.25) is 5.88 Å². The lowest BCUT2D eigenvalue weighted by Gasteiger charge is -2.23. The predicted octanol–water partition coefficient (Wildman–Crippen LogP) is 2.31. The predicted molar refractivity (Wildman–Crippen MR) is 75.5 cm³/mol. The third kappa shape index (κ3) is 4.48. The van der Waals surface area contributed by atoms with Gasteiger partial charge in [0.15, 0.2) is 0 Å². The van der Waals surface area contributed by atoms with Crippen molar-refractivity contribution in [2.45, 2.75) is 45.3 Å². The summed E-state index contributed by atoms with van der Waals surface area (Å²) >= 11 is 0. The summed E-state index contributed by atoms with van der Waals surface area (Å²) < 4.78 is 11.4. The van der Waals surface area contributed by atoms with Crippen molar-refractivity contribution in [2.75, 3.05) is 20.3 Å². The van der Waals surface area contributed by atoms with Gasteiger partial charge >= 0.3 is 0 Å². The lowest BCUT2D eigenvalue weighted by Crippen LogP contribution is -2.26. The SMILES string of the molecule is CCCc1cc(CNC)cc(OC2CCOCC2)n1. The molecule has 1 aromatic rings. The summed E-state index contributed by atoms with van der Waals surface area (Å²) in [5, 5.41) is 3.18. The van der Waals surface area contributed by atoms with Crippen LogP contribution in [-0.2, 0) is 17.7 Å². The molecule has 4 nitrogen and oxygen atoms in total. The molecule has 1 aromatic heterocycles. The van der Waals surface area contributed by atoms with Gasteiger partial charge in [-0.05, 0) is 25.1 Å². The zero-order valence-corrected chi connectivity index (χ0v) is 11.9. The van der Waals surface area contributed by atoms with Gasteiger partial charge in [0.05, 0.1) is 13.2 Å². The first-order chi connectivity index (χ1) is 9.31. The van der Waals surface area contributed by atoms with Gasteiger partial charge < -0.3 is 14.8 Å². The molecule has 0 aliphatic carbocycles. The standard InChI is InChI=1S/C15H24N2O2/c1-3-4-13-9-12(11-16-2)10-15(17-13)19-14-5-7-18-8-6-14/h9-10,14,16H,3-8,11H2,1-2H3. The molecule has 4 heteroatoms. The second-order valence-electron chi connectivity index (χ2n) is 5.01. The fourth-order valence-corrected chi connectivity index (χ4v) is 2.34. The Kier molecular flexibility index (Phi) is 5.61. The average molecular weight is 264 g/mol. The molecule has 1 aliphatic rings. The minimum atomic E-state index is 0.251. The normalized spacial score (nSPS) is 16.5. The Bertz CT molecular complexity index is 365. The highest BCUT2D eigenvalue weighted by molar-refractivity contribution is 5.25. The Morgan fingerprint density at radius 3 is 2.84 bits per heavy atom. The number of nitrogens with zero attached hydrogens (tertiary/aromatic N) is 1. The maximum absolute atomic E-state index is 6.01. The molecular formula is C15H24N2O2. The van der Waals surface area contributed by atoms with E-state index in [1.165, 1.54) is 5.56 Å². The molecule has 2 rings (SSSR count). The molecule has 0 unspecified atom stereocenters. The third-order valence-corrected chi connectivity index (χ3v) is 3.26. The smallest absolute Gasteiger partial charge is 0.214 e. The van der Waals surface area contributed by atoms with E-state index in [4.69, 9.17) is 9.47 Å². The molecule has 0 bridgehead atoms. The first kappa shape index (κ1) is 14.3. The van der Waals surface area contributed by atoms with Gasteiger partial charge in [0, 0.05) is 31.1 Å². The molecular weight excluding hydrogens is 240 g/mol. The van der Waals surface area contributed by atoms with Crippen LogP contribution < -0.4 is 10.1 Å². The van der Waals surface area contributed by atoms with Crippen LogP contribution in [0.1, 0.15) is 37.4 Å². The van der Waals surface area contributed by atoms with E-state index >= 15 is 0 Å².